The maximum absolute atomic E-state index is 12.8. The highest BCUT2D eigenvalue weighted by Gasteiger charge is 2.34. The van der Waals surface area contributed by atoms with Crippen molar-refractivity contribution in [3.05, 3.63) is 34.0 Å². The molecule has 24 heavy (non-hydrogen) atoms. The molecular weight excluding hydrogens is 320 g/mol. The Morgan fingerprint density at radius 1 is 1.21 bits per heavy atom. The molecule has 1 atom stereocenters. The fourth-order valence-electron chi connectivity index (χ4n) is 3.92. The zero-order valence-electron chi connectivity index (χ0n) is 14.0. The predicted molar refractivity (Wildman–Crippen MR) is 93.9 cm³/mol. The summed E-state index contributed by atoms with van der Waals surface area (Å²) in [6.07, 6.45) is 8.20. The second-order valence-electron chi connectivity index (χ2n) is 6.76. The van der Waals surface area contributed by atoms with E-state index in [1.165, 1.54) is 24.1 Å². The average molecular weight is 344 g/mol. The number of fused-ring (bicyclic) bond motifs is 1. The van der Waals surface area contributed by atoms with Crippen LogP contribution in [0.1, 0.15) is 61.1 Å². The second-order valence-corrected chi connectivity index (χ2v) is 7.79. The van der Waals surface area contributed by atoms with E-state index in [2.05, 4.69) is 37.2 Å². The molecule has 0 N–H and O–H groups in total. The third kappa shape index (κ3) is 3.11. The Morgan fingerprint density at radius 3 is 3.04 bits per heavy atom. The number of hydrogen-bond acceptors (Lipinski definition) is 4. The summed E-state index contributed by atoms with van der Waals surface area (Å²) in [5.74, 6) is 2.39. The standard InChI is InChI=1S/C18H24N4OS/c23-17(10-9-14-6-5-13-24-14)21-12-4-7-15(21)18-20-19-16-8-2-1-3-11-22(16)18/h5-6,13,15H,1-4,7-12H2/t15-/m0/s1. The van der Waals surface area contributed by atoms with Crippen molar-refractivity contribution < 1.29 is 4.79 Å². The Labute approximate surface area is 146 Å². The monoisotopic (exact) mass is 344 g/mol. The first kappa shape index (κ1) is 15.8. The van der Waals surface area contributed by atoms with Gasteiger partial charge in [-0.2, -0.15) is 0 Å². The minimum Gasteiger partial charge on any atom is -0.332 e. The number of rotatable bonds is 4. The number of carbonyl (C=O) groups excluding carboxylic acids is 1. The van der Waals surface area contributed by atoms with Gasteiger partial charge in [-0.25, -0.2) is 0 Å². The minimum atomic E-state index is 0.125. The summed E-state index contributed by atoms with van der Waals surface area (Å²) in [4.78, 5) is 16.1. The topological polar surface area (TPSA) is 51.0 Å². The van der Waals surface area contributed by atoms with E-state index in [0.717, 1.165) is 50.4 Å². The van der Waals surface area contributed by atoms with Gasteiger partial charge >= 0.3 is 0 Å². The van der Waals surface area contributed by atoms with Gasteiger partial charge < -0.3 is 9.47 Å². The molecule has 2 aromatic rings. The Morgan fingerprint density at radius 2 is 2.17 bits per heavy atom. The van der Waals surface area contributed by atoms with Crippen LogP contribution in [0, 0.1) is 0 Å². The van der Waals surface area contributed by atoms with Gasteiger partial charge in [0, 0.05) is 30.8 Å². The predicted octanol–water partition coefficient (Wildman–Crippen LogP) is 3.36. The third-order valence-corrected chi connectivity index (χ3v) is 6.11. The molecule has 0 spiro atoms. The van der Waals surface area contributed by atoms with Crippen LogP contribution in [0.3, 0.4) is 0 Å². The van der Waals surface area contributed by atoms with Crippen molar-refractivity contribution in [3.63, 3.8) is 0 Å². The second kappa shape index (κ2) is 7.05. The van der Waals surface area contributed by atoms with Crippen LogP contribution in [0.4, 0.5) is 0 Å². The molecule has 2 aliphatic heterocycles. The van der Waals surface area contributed by atoms with Crippen molar-refractivity contribution in [2.45, 2.75) is 64.0 Å². The number of aromatic nitrogens is 3. The van der Waals surface area contributed by atoms with Crippen LogP contribution in [0.15, 0.2) is 17.5 Å². The van der Waals surface area contributed by atoms with Gasteiger partial charge in [0.1, 0.15) is 5.82 Å². The molecule has 1 amide bonds. The highest BCUT2D eigenvalue weighted by molar-refractivity contribution is 7.09. The SMILES string of the molecule is O=C(CCc1cccs1)N1CCC[C@H]1c1nnc2n1CCCCC2. The Kier molecular flexibility index (Phi) is 4.65. The quantitative estimate of drug-likeness (QED) is 0.854. The molecule has 5 nitrogen and oxygen atoms in total. The number of carbonyl (C=O) groups is 1. The average Bonchev–Trinajstić information content (AvgIpc) is 3.31. The maximum Gasteiger partial charge on any atom is 0.223 e. The summed E-state index contributed by atoms with van der Waals surface area (Å²) >= 11 is 1.73. The molecule has 0 unspecified atom stereocenters. The maximum atomic E-state index is 12.8. The summed E-state index contributed by atoms with van der Waals surface area (Å²) < 4.78 is 2.29. The lowest BCUT2D eigenvalue weighted by atomic mass is 10.2. The molecule has 1 fully saturated rings. The van der Waals surface area contributed by atoms with Crippen molar-refractivity contribution >= 4 is 17.2 Å². The van der Waals surface area contributed by atoms with E-state index >= 15 is 0 Å². The first-order valence-corrected chi connectivity index (χ1v) is 9.95. The molecule has 1 saturated heterocycles. The summed E-state index contributed by atoms with van der Waals surface area (Å²) in [5, 5.41) is 11.0. The molecule has 0 aliphatic carbocycles. The number of amides is 1. The first-order chi connectivity index (χ1) is 11.8. The molecular formula is C18H24N4OS. The fraction of sp³-hybridized carbons (Fsp3) is 0.611. The van der Waals surface area contributed by atoms with Crippen LogP contribution in [0.5, 0.6) is 0 Å². The molecule has 4 heterocycles. The zero-order valence-corrected chi connectivity index (χ0v) is 14.8. The van der Waals surface area contributed by atoms with Gasteiger partial charge in [0.05, 0.1) is 6.04 Å². The van der Waals surface area contributed by atoms with Crippen molar-refractivity contribution in [1.82, 2.24) is 19.7 Å². The van der Waals surface area contributed by atoms with Gasteiger partial charge in [-0.15, -0.1) is 21.5 Å². The lowest BCUT2D eigenvalue weighted by Gasteiger charge is -2.24. The molecule has 4 rings (SSSR count). The van der Waals surface area contributed by atoms with Gasteiger partial charge in [-0.3, -0.25) is 4.79 Å². The van der Waals surface area contributed by atoms with E-state index < -0.39 is 0 Å². The fourth-order valence-corrected chi connectivity index (χ4v) is 4.63. The lowest BCUT2D eigenvalue weighted by Crippen LogP contribution is -2.32. The molecule has 6 heteroatoms. The molecule has 0 bridgehead atoms. The van der Waals surface area contributed by atoms with E-state index in [1.54, 1.807) is 11.3 Å². The van der Waals surface area contributed by atoms with Crippen LogP contribution >= 0.6 is 11.3 Å². The minimum absolute atomic E-state index is 0.125. The molecule has 128 valence electrons. The Bertz CT molecular complexity index is 694. The first-order valence-electron chi connectivity index (χ1n) is 9.07. The normalized spacial score (nSPS) is 20.8. The summed E-state index contributed by atoms with van der Waals surface area (Å²) in [6, 6.07) is 4.28. The van der Waals surface area contributed by atoms with Crippen molar-refractivity contribution in [2.75, 3.05) is 6.54 Å². The molecule has 0 saturated carbocycles. The van der Waals surface area contributed by atoms with Gasteiger partial charge in [0.15, 0.2) is 5.82 Å². The number of likely N-dealkylation sites (tertiary alicyclic amines) is 1. The molecule has 0 aromatic carbocycles. The van der Waals surface area contributed by atoms with E-state index in [1.807, 2.05) is 0 Å². The van der Waals surface area contributed by atoms with Crippen LogP contribution in [0.2, 0.25) is 0 Å². The van der Waals surface area contributed by atoms with E-state index in [-0.39, 0.29) is 11.9 Å². The molecule has 2 aliphatic rings. The highest BCUT2D eigenvalue weighted by Crippen LogP contribution is 2.33. The summed E-state index contributed by atoms with van der Waals surface area (Å²) in [7, 11) is 0. The van der Waals surface area contributed by atoms with Crippen molar-refractivity contribution in [2.24, 2.45) is 0 Å². The largest absolute Gasteiger partial charge is 0.332 e. The van der Waals surface area contributed by atoms with E-state index in [0.29, 0.717) is 6.42 Å². The summed E-state index contributed by atoms with van der Waals surface area (Å²) in [6.45, 7) is 1.86. The van der Waals surface area contributed by atoms with Crippen LogP contribution in [-0.2, 0) is 24.2 Å². The van der Waals surface area contributed by atoms with E-state index in [9.17, 15) is 4.79 Å². The van der Waals surface area contributed by atoms with Crippen molar-refractivity contribution in [1.29, 1.82) is 0 Å². The smallest absolute Gasteiger partial charge is 0.223 e. The van der Waals surface area contributed by atoms with Crippen LogP contribution < -0.4 is 0 Å². The number of hydrogen-bond donors (Lipinski definition) is 0. The Hall–Kier alpha value is -1.69. The lowest BCUT2D eigenvalue weighted by molar-refractivity contribution is -0.132. The van der Waals surface area contributed by atoms with Gasteiger partial charge in [-0.1, -0.05) is 12.5 Å². The van der Waals surface area contributed by atoms with E-state index in [4.69, 9.17) is 0 Å². The number of aryl methyl sites for hydroxylation is 2. The van der Waals surface area contributed by atoms with Crippen LogP contribution in [-0.4, -0.2) is 32.1 Å². The Balaban J connectivity index is 1.48. The van der Waals surface area contributed by atoms with Gasteiger partial charge in [0.2, 0.25) is 5.91 Å². The van der Waals surface area contributed by atoms with Crippen molar-refractivity contribution in [3.8, 4) is 0 Å². The third-order valence-electron chi connectivity index (χ3n) is 5.17. The summed E-state index contributed by atoms with van der Waals surface area (Å²) in [5.41, 5.74) is 0. The molecule has 2 aromatic heterocycles. The number of nitrogens with zero attached hydrogens (tertiary/aromatic N) is 4. The number of thiophene rings is 1. The van der Waals surface area contributed by atoms with Gasteiger partial charge in [0.25, 0.3) is 0 Å². The van der Waals surface area contributed by atoms with Gasteiger partial charge in [-0.05, 0) is 43.6 Å². The highest BCUT2D eigenvalue weighted by atomic mass is 32.1. The molecule has 0 radical (unpaired) electrons. The zero-order chi connectivity index (χ0) is 16.4. The van der Waals surface area contributed by atoms with Crippen LogP contribution in [0.25, 0.3) is 0 Å².